The third-order valence-corrected chi connectivity index (χ3v) is 4.32. The van der Waals surface area contributed by atoms with Crippen molar-refractivity contribution in [2.45, 2.75) is 13.8 Å². The molecule has 0 fully saturated rings. The van der Waals surface area contributed by atoms with Crippen LogP contribution in [0.4, 0.5) is 14.5 Å². The van der Waals surface area contributed by atoms with Crippen LogP contribution in [0.25, 0.3) is 5.57 Å². The van der Waals surface area contributed by atoms with Crippen molar-refractivity contribution in [3.8, 4) is 0 Å². The van der Waals surface area contributed by atoms with E-state index in [0.29, 0.717) is 10.5 Å². The average molecular weight is 348 g/mol. The minimum atomic E-state index is -0.885. The van der Waals surface area contributed by atoms with E-state index in [-0.39, 0.29) is 10.6 Å². The first-order valence-corrected chi connectivity index (χ1v) is 7.50. The zero-order valence-electron chi connectivity index (χ0n) is 12.9. The summed E-state index contributed by atoms with van der Waals surface area (Å²) in [4.78, 5) is 25.6. The van der Waals surface area contributed by atoms with Gasteiger partial charge in [-0.25, -0.2) is 13.7 Å². The molecule has 1 heterocycles. The fourth-order valence-electron chi connectivity index (χ4n) is 2.53. The van der Waals surface area contributed by atoms with Gasteiger partial charge in [0.2, 0.25) is 0 Å². The molecule has 6 heteroatoms. The van der Waals surface area contributed by atoms with Gasteiger partial charge in [0.05, 0.1) is 11.3 Å². The van der Waals surface area contributed by atoms with Gasteiger partial charge in [0.25, 0.3) is 11.8 Å². The Kier molecular flexibility index (Phi) is 3.97. The number of hydrogen-bond donors (Lipinski definition) is 0. The van der Waals surface area contributed by atoms with E-state index in [2.05, 4.69) is 0 Å². The van der Waals surface area contributed by atoms with Crippen LogP contribution in [0, 0.1) is 25.5 Å². The third-order valence-electron chi connectivity index (χ3n) is 3.97. The second kappa shape index (κ2) is 5.83. The zero-order chi connectivity index (χ0) is 17.6. The van der Waals surface area contributed by atoms with Crippen molar-refractivity contribution in [1.82, 2.24) is 0 Å². The molecule has 122 valence electrons. The molecule has 0 atom stereocenters. The molecule has 0 N–H and O–H groups in total. The SMILES string of the molecule is Cc1ccc(C2=C(Cl)C(=O)N(c3cc(F)ccc3F)C2=O)cc1C. The minimum absolute atomic E-state index is 0.0200. The summed E-state index contributed by atoms with van der Waals surface area (Å²) in [7, 11) is 0. The number of aryl methyl sites for hydroxylation is 2. The van der Waals surface area contributed by atoms with Crippen LogP contribution >= 0.6 is 11.6 Å². The van der Waals surface area contributed by atoms with Crippen LogP contribution in [0.5, 0.6) is 0 Å². The van der Waals surface area contributed by atoms with Crippen molar-refractivity contribution in [2.75, 3.05) is 4.90 Å². The van der Waals surface area contributed by atoms with Gasteiger partial charge in [0, 0.05) is 6.07 Å². The third kappa shape index (κ3) is 2.51. The first kappa shape index (κ1) is 16.3. The number of carbonyl (C=O) groups is 2. The molecule has 0 bridgehead atoms. The van der Waals surface area contributed by atoms with Gasteiger partial charge in [-0.1, -0.05) is 29.8 Å². The molecule has 0 radical (unpaired) electrons. The lowest BCUT2D eigenvalue weighted by atomic mass is 10.0. The maximum absolute atomic E-state index is 14.0. The van der Waals surface area contributed by atoms with E-state index in [1.807, 2.05) is 13.8 Å². The summed E-state index contributed by atoms with van der Waals surface area (Å²) in [6, 6.07) is 7.74. The molecule has 1 aliphatic heterocycles. The van der Waals surface area contributed by atoms with Crippen LogP contribution in [0.15, 0.2) is 41.4 Å². The summed E-state index contributed by atoms with van der Waals surface area (Å²) in [5.74, 6) is -3.30. The van der Waals surface area contributed by atoms with Crippen molar-refractivity contribution in [3.63, 3.8) is 0 Å². The van der Waals surface area contributed by atoms with Gasteiger partial charge in [-0.15, -0.1) is 0 Å². The van der Waals surface area contributed by atoms with E-state index in [1.165, 1.54) is 0 Å². The molecule has 24 heavy (non-hydrogen) atoms. The summed E-state index contributed by atoms with van der Waals surface area (Å²) < 4.78 is 27.4. The maximum Gasteiger partial charge on any atom is 0.277 e. The number of amides is 2. The second-order valence-electron chi connectivity index (χ2n) is 5.53. The Labute approximate surface area is 142 Å². The lowest BCUT2D eigenvalue weighted by Crippen LogP contribution is -2.32. The van der Waals surface area contributed by atoms with Crippen LogP contribution in [0.2, 0.25) is 0 Å². The van der Waals surface area contributed by atoms with Gasteiger partial charge in [-0.3, -0.25) is 9.59 Å². The number of imide groups is 1. The van der Waals surface area contributed by atoms with E-state index in [4.69, 9.17) is 11.6 Å². The molecule has 0 saturated carbocycles. The topological polar surface area (TPSA) is 37.4 Å². The number of hydrogen-bond acceptors (Lipinski definition) is 2. The molecular formula is C18H12ClF2NO2. The van der Waals surface area contributed by atoms with E-state index in [1.54, 1.807) is 18.2 Å². The number of halogens is 3. The summed E-state index contributed by atoms with van der Waals surface area (Å²) in [6.45, 7) is 3.77. The highest BCUT2D eigenvalue weighted by Crippen LogP contribution is 2.36. The summed E-state index contributed by atoms with van der Waals surface area (Å²) in [5.41, 5.74) is 1.91. The van der Waals surface area contributed by atoms with Crippen molar-refractivity contribution in [2.24, 2.45) is 0 Å². The molecule has 1 aliphatic rings. The van der Waals surface area contributed by atoms with Crippen LogP contribution in [-0.4, -0.2) is 11.8 Å². The smallest absolute Gasteiger partial charge is 0.268 e. The van der Waals surface area contributed by atoms with E-state index in [0.717, 1.165) is 29.3 Å². The van der Waals surface area contributed by atoms with Gasteiger partial charge in [0.1, 0.15) is 16.7 Å². The fourth-order valence-corrected chi connectivity index (χ4v) is 2.80. The number of benzene rings is 2. The lowest BCUT2D eigenvalue weighted by Gasteiger charge is -2.16. The highest BCUT2D eigenvalue weighted by Gasteiger charge is 2.40. The molecule has 3 nitrogen and oxygen atoms in total. The average Bonchev–Trinajstić information content (AvgIpc) is 2.75. The summed E-state index contributed by atoms with van der Waals surface area (Å²) in [6.07, 6.45) is 0. The van der Waals surface area contributed by atoms with Crippen LogP contribution in [0.3, 0.4) is 0 Å². The predicted molar refractivity (Wildman–Crippen MR) is 87.5 cm³/mol. The maximum atomic E-state index is 14.0. The minimum Gasteiger partial charge on any atom is -0.268 e. The molecule has 2 aromatic rings. The predicted octanol–water partition coefficient (Wildman–Crippen LogP) is 4.10. The molecule has 2 aromatic carbocycles. The monoisotopic (exact) mass is 347 g/mol. The zero-order valence-corrected chi connectivity index (χ0v) is 13.6. The standard InChI is InChI=1S/C18H12ClF2NO2/c1-9-3-4-11(7-10(9)2)15-16(19)18(24)22(17(15)23)14-8-12(20)5-6-13(14)21/h3-8H,1-2H3. The Morgan fingerprint density at radius 2 is 1.62 bits per heavy atom. The van der Waals surface area contributed by atoms with Crippen LogP contribution in [0.1, 0.15) is 16.7 Å². The van der Waals surface area contributed by atoms with Gasteiger partial charge in [-0.2, -0.15) is 0 Å². The van der Waals surface area contributed by atoms with Gasteiger partial charge >= 0.3 is 0 Å². The van der Waals surface area contributed by atoms with Gasteiger partial charge in [-0.05, 0) is 42.7 Å². The van der Waals surface area contributed by atoms with E-state index >= 15 is 0 Å². The Morgan fingerprint density at radius 1 is 0.917 bits per heavy atom. The largest absolute Gasteiger partial charge is 0.277 e. The number of carbonyl (C=O) groups excluding carboxylic acids is 2. The Morgan fingerprint density at radius 3 is 2.29 bits per heavy atom. The molecule has 0 spiro atoms. The highest BCUT2D eigenvalue weighted by atomic mass is 35.5. The Hall–Kier alpha value is -2.53. The number of nitrogens with zero attached hydrogens (tertiary/aromatic N) is 1. The number of anilines is 1. The molecule has 0 aromatic heterocycles. The lowest BCUT2D eigenvalue weighted by molar-refractivity contribution is -0.119. The highest BCUT2D eigenvalue weighted by molar-refractivity contribution is 6.60. The molecule has 0 saturated heterocycles. The van der Waals surface area contributed by atoms with E-state index in [9.17, 15) is 18.4 Å². The Bertz CT molecular complexity index is 921. The van der Waals surface area contributed by atoms with Crippen molar-refractivity contribution in [3.05, 3.63) is 69.8 Å². The van der Waals surface area contributed by atoms with Crippen LogP contribution < -0.4 is 4.90 Å². The van der Waals surface area contributed by atoms with Crippen molar-refractivity contribution in [1.29, 1.82) is 0 Å². The van der Waals surface area contributed by atoms with Crippen LogP contribution in [-0.2, 0) is 9.59 Å². The normalized spacial score (nSPS) is 14.8. The molecular weight excluding hydrogens is 336 g/mol. The quantitative estimate of drug-likeness (QED) is 0.767. The first-order chi connectivity index (χ1) is 11.3. The number of rotatable bonds is 2. The fraction of sp³-hybridized carbons (Fsp3) is 0.111. The van der Waals surface area contributed by atoms with E-state index < -0.39 is 29.1 Å². The molecule has 0 aliphatic carbocycles. The molecule has 3 rings (SSSR count). The first-order valence-electron chi connectivity index (χ1n) is 7.12. The second-order valence-corrected chi connectivity index (χ2v) is 5.91. The molecule has 0 unspecified atom stereocenters. The summed E-state index contributed by atoms with van der Waals surface area (Å²) >= 11 is 6.04. The van der Waals surface area contributed by atoms with Gasteiger partial charge < -0.3 is 0 Å². The van der Waals surface area contributed by atoms with Crippen molar-refractivity contribution >= 4 is 34.7 Å². The van der Waals surface area contributed by atoms with Gasteiger partial charge in [0.15, 0.2) is 0 Å². The summed E-state index contributed by atoms with van der Waals surface area (Å²) in [5, 5.41) is -0.313. The van der Waals surface area contributed by atoms with Crippen molar-refractivity contribution < 1.29 is 18.4 Å². The molecule has 2 amide bonds. The Balaban J connectivity index is 2.11.